The van der Waals surface area contributed by atoms with Crippen LogP contribution in [0.5, 0.6) is 5.75 Å². The van der Waals surface area contributed by atoms with Crippen molar-refractivity contribution >= 4 is 46.5 Å². The first-order valence-corrected chi connectivity index (χ1v) is 16.1. The van der Waals surface area contributed by atoms with E-state index < -0.39 is 18.0 Å². The van der Waals surface area contributed by atoms with Gasteiger partial charge in [0.25, 0.3) is 0 Å². The molecular formula is C34H33ClN6O5S. The number of thiophene rings is 1. The van der Waals surface area contributed by atoms with Crippen molar-refractivity contribution in [2.24, 2.45) is 10.7 Å². The van der Waals surface area contributed by atoms with E-state index in [-0.39, 0.29) is 43.2 Å². The second-order valence-corrected chi connectivity index (χ2v) is 12.4. The summed E-state index contributed by atoms with van der Waals surface area (Å²) < 4.78 is 12.2. The van der Waals surface area contributed by atoms with Gasteiger partial charge in [-0.15, -0.1) is 21.5 Å². The first-order chi connectivity index (χ1) is 22.6. The normalized spacial score (nSPS) is 13.3. The lowest BCUT2D eigenvalue weighted by atomic mass is 9.99. The number of rotatable bonds is 9. The van der Waals surface area contributed by atoms with Crippen LogP contribution in [-0.2, 0) is 14.3 Å². The van der Waals surface area contributed by atoms with Crippen molar-refractivity contribution in [2.75, 3.05) is 20.2 Å². The number of aromatic nitrogens is 3. The smallest absolute Gasteiger partial charge is 0.339 e. The summed E-state index contributed by atoms with van der Waals surface area (Å²) in [6.07, 6.45) is 0.433. The van der Waals surface area contributed by atoms with Gasteiger partial charge in [-0.2, -0.15) is 0 Å². The van der Waals surface area contributed by atoms with Gasteiger partial charge in [0.1, 0.15) is 22.6 Å². The average Bonchev–Trinajstić information content (AvgIpc) is 3.53. The number of benzene rings is 2. The number of amides is 1. The van der Waals surface area contributed by atoms with Crippen LogP contribution in [0.3, 0.4) is 0 Å². The highest BCUT2D eigenvalue weighted by molar-refractivity contribution is 7.15. The lowest BCUT2D eigenvalue weighted by Crippen LogP contribution is -2.27. The lowest BCUT2D eigenvalue weighted by Gasteiger charge is -2.13. The Morgan fingerprint density at radius 1 is 1.11 bits per heavy atom. The molecule has 1 aliphatic heterocycles. The van der Waals surface area contributed by atoms with Gasteiger partial charge in [0.05, 0.1) is 31.4 Å². The Labute approximate surface area is 281 Å². The van der Waals surface area contributed by atoms with Crippen LogP contribution in [-0.4, -0.2) is 58.5 Å². The molecule has 4 aromatic rings. The Kier molecular flexibility index (Phi) is 10.5. The highest BCUT2D eigenvalue weighted by atomic mass is 35.5. The van der Waals surface area contributed by atoms with Gasteiger partial charge in [-0.3, -0.25) is 19.1 Å². The average molecular weight is 673 g/mol. The van der Waals surface area contributed by atoms with E-state index in [4.69, 9.17) is 31.8 Å². The molecule has 0 saturated heterocycles. The van der Waals surface area contributed by atoms with Crippen LogP contribution >= 0.6 is 22.9 Å². The minimum atomic E-state index is -0.601. The fraction of sp³-hybridized carbons (Fsp3) is 0.294. The number of aliphatic imine (C=N–C) groups is 1. The number of methoxy groups -OCH3 is 1. The van der Waals surface area contributed by atoms with Crippen molar-refractivity contribution in [3.63, 3.8) is 0 Å². The molecule has 0 unspecified atom stereocenters. The molecule has 0 aliphatic carbocycles. The van der Waals surface area contributed by atoms with Crippen LogP contribution in [0.1, 0.15) is 74.4 Å². The number of nitrogens with two attached hydrogens (primary N) is 1. The minimum Gasteiger partial charge on any atom is -0.465 e. The predicted molar refractivity (Wildman–Crippen MR) is 179 cm³/mol. The molecule has 1 aliphatic rings. The first kappa shape index (κ1) is 33.5. The summed E-state index contributed by atoms with van der Waals surface area (Å²) >= 11 is 7.83. The molecule has 0 bridgehead atoms. The zero-order valence-electron chi connectivity index (χ0n) is 26.3. The van der Waals surface area contributed by atoms with E-state index in [1.165, 1.54) is 25.3 Å². The zero-order valence-corrected chi connectivity index (χ0v) is 27.9. The van der Waals surface area contributed by atoms with E-state index in [0.29, 0.717) is 28.7 Å². The highest BCUT2D eigenvalue weighted by Gasteiger charge is 2.32. The van der Waals surface area contributed by atoms with Crippen molar-refractivity contribution in [1.29, 1.82) is 0 Å². The summed E-state index contributed by atoms with van der Waals surface area (Å²) in [7, 11) is 1.27. The SMILES string of the molecule is COC(=O)c1ccc(OC(=O)CCCNC(=O)C[C@@H]2N=C(c3ccc(Cl)cc3)c3c(sc(C)c3C)-n3c(C)nnc32)cc1C#CCN. The van der Waals surface area contributed by atoms with E-state index in [1.54, 1.807) is 11.3 Å². The van der Waals surface area contributed by atoms with Crippen LogP contribution in [0.2, 0.25) is 5.02 Å². The number of aryl methyl sites for hydroxylation is 2. The molecule has 2 aromatic carbocycles. The number of esters is 2. The van der Waals surface area contributed by atoms with Crippen LogP contribution < -0.4 is 15.8 Å². The van der Waals surface area contributed by atoms with Gasteiger partial charge in [0.15, 0.2) is 5.82 Å². The third-order valence-corrected chi connectivity index (χ3v) is 9.01. The molecule has 1 atom stereocenters. The standard InChI is InChI=1S/C34H33ClN6O5S/c1-19-20(2)47-33-30(19)31(22-9-11-24(35)12-10-22)38-27(32-40-39-21(3)41(32)33)18-28(42)37-16-6-8-29(43)46-25-13-14-26(34(44)45-4)23(17-25)7-5-15-36/h9-14,17,27H,6,8,15-16,18,36H2,1-4H3,(H,37,42)/t27-/m0/s1. The summed E-state index contributed by atoms with van der Waals surface area (Å²) in [5.41, 5.74) is 9.78. The Morgan fingerprint density at radius 2 is 1.87 bits per heavy atom. The molecule has 1 amide bonds. The third-order valence-electron chi connectivity index (χ3n) is 7.57. The lowest BCUT2D eigenvalue weighted by molar-refractivity contribution is -0.134. The van der Waals surface area contributed by atoms with E-state index in [0.717, 1.165) is 32.3 Å². The number of fused-ring (bicyclic) bond motifs is 3. The molecule has 0 fully saturated rings. The maximum atomic E-state index is 13.2. The maximum Gasteiger partial charge on any atom is 0.339 e. The Morgan fingerprint density at radius 3 is 2.60 bits per heavy atom. The summed E-state index contributed by atoms with van der Waals surface area (Å²) in [5.74, 6) is 5.70. The van der Waals surface area contributed by atoms with Crippen molar-refractivity contribution in [3.05, 3.63) is 91.8 Å². The van der Waals surface area contributed by atoms with Crippen molar-refractivity contribution in [1.82, 2.24) is 20.1 Å². The molecule has 2 aromatic heterocycles. The number of carbonyl (C=O) groups is 3. The van der Waals surface area contributed by atoms with Gasteiger partial charge in [0.2, 0.25) is 5.91 Å². The molecule has 3 N–H and O–H groups in total. The van der Waals surface area contributed by atoms with E-state index in [9.17, 15) is 14.4 Å². The summed E-state index contributed by atoms with van der Waals surface area (Å²) in [4.78, 5) is 44.1. The molecule has 13 heteroatoms. The Balaban J connectivity index is 1.25. The monoisotopic (exact) mass is 672 g/mol. The van der Waals surface area contributed by atoms with Crippen LogP contribution in [0.15, 0.2) is 47.5 Å². The van der Waals surface area contributed by atoms with Crippen LogP contribution in [0.25, 0.3) is 5.00 Å². The summed E-state index contributed by atoms with van der Waals surface area (Å²) in [6.45, 7) is 6.38. The molecule has 5 rings (SSSR count). The molecule has 0 spiro atoms. The topological polar surface area (TPSA) is 151 Å². The molecule has 0 radical (unpaired) electrons. The van der Waals surface area contributed by atoms with Gasteiger partial charge in [-0.05, 0) is 63.1 Å². The largest absolute Gasteiger partial charge is 0.465 e. The van der Waals surface area contributed by atoms with Gasteiger partial charge in [-0.25, -0.2) is 4.79 Å². The highest BCUT2D eigenvalue weighted by Crippen LogP contribution is 2.39. The van der Waals surface area contributed by atoms with Crippen molar-refractivity contribution < 1.29 is 23.9 Å². The maximum absolute atomic E-state index is 13.2. The first-order valence-electron chi connectivity index (χ1n) is 14.9. The summed E-state index contributed by atoms with van der Waals surface area (Å²) in [5, 5.41) is 13.2. The molecule has 47 heavy (non-hydrogen) atoms. The molecule has 242 valence electrons. The van der Waals surface area contributed by atoms with E-state index in [2.05, 4.69) is 41.2 Å². The fourth-order valence-electron chi connectivity index (χ4n) is 5.15. The van der Waals surface area contributed by atoms with Crippen molar-refractivity contribution in [3.8, 4) is 22.6 Å². The second kappa shape index (κ2) is 14.7. The quantitative estimate of drug-likeness (QED) is 0.112. The van der Waals surface area contributed by atoms with Gasteiger partial charge >= 0.3 is 11.9 Å². The van der Waals surface area contributed by atoms with Gasteiger partial charge < -0.3 is 20.5 Å². The number of halogens is 1. The fourth-order valence-corrected chi connectivity index (χ4v) is 6.49. The number of hydrogen-bond acceptors (Lipinski definition) is 10. The minimum absolute atomic E-state index is 0.0335. The summed E-state index contributed by atoms with van der Waals surface area (Å²) in [6, 6.07) is 11.4. The Bertz CT molecular complexity index is 1940. The van der Waals surface area contributed by atoms with Gasteiger partial charge in [0, 0.05) is 39.6 Å². The van der Waals surface area contributed by atoms with E-state index >= 15 is 0 Å². The van der Waals surface area contributed by atoms with Crippen LogP contribution in [0.4, 0.5) is 0 Å². The van der Waals surface area contributed by atoms with Crippen LogP contribution in [0, 0.1) is 32.6 Å². The van der Waals surface area contributed by atoms with Crippen molar-refractivity contribution in [2.45, 2.75) is 46.1 Å². The third kappa shape index (κ3) is 7.44. The molecule has 0 saturated carbocycles. The van der Waals surface area contributed by atoms with E-state index in [1.807, 2.05) is 35.8 Å². The predicted octanol–water partition coefficient (Wildman–Crippen LogP) is 4.79. The number of hydrogen-bond donors (Lipinski definition) is 2. The molecule has 11 nitrogen and oxygen atoms in total. The Hall–Kier alpha value is -4.83. The molecule has 3 heterocycles. The zero-order chi connectivity index (χ0) is 33.7. The number of nitrogens with one attached hydrogen (secondary N) is 1. The number of carbonyl (C=O) groups excluding carboxylic acids is 3. The van der Waals surface area contributed by atoms with Gasteiger partial charge in [-0.1, -0.05) is 35.6 Å². The molecular weight excluding hydrogens is 640 g/mol. The second-order valence-electron chi connectivity index (χ2n) is 10.7. The number of nitrogens with zero attached hydrogens (tertiary/aromatic N) is 4. The number of ether oxygens (including phenoxy) is 2.